The van der Waals surface area contributed by atoms with E-state index in [1.54, 1.807) is 46.0 Å². The van der Waals surface area contributed by atoms with Gasteiger partial charge in [-0.2, -0.15) is 0 Å². The Hall–Kier alpha value is -3.72. The molecule has 2 aromatic heterocycles. The van der Waals surface area contributed by atoms with Crippen LogP contribution in [0.5, 0.6) is 23.0 Å². The Labute approximate surface area is 202 Å². The minimum atomic E-state index is 0.568. The second-order valence-electron chi connectivity index (χ2n) is 7.43. The van der Waals surface area contributed by atoms with Crippen LogP contribution in [0.3, 0.4) is 0 Å². The van der Waals surface area contributed by atoms with Crippen LogP contribution in [0.1, 0.15) is 6.42 Å². The lowest BCUT2D eigenvalue weighted by Gasteiger charge is -2.15. The molecule has 0 radical (unpaired) electrons. The molecule has 0 aliphatic heterocycles. The molecule has 0 unspecified atom stereocenters. The number of imidazole rings is 1. The van der Waals surface area contributed by atoms with Gasteiger partial charge in [-0.1, -0.05) is 0 Å². The van der Waals surface area contributed by atoms with Gasteiger partial charge in [0.1, 0.15) is 5.75 Å². The summed E-state index contributed by atoms with van der Waals surface area (Å²) in [4.78, 5) is 9.95. The summed E-state index contributed by atoms with van der Waals surface area (Å²) in [5.74, 6) is 2.60. The molecule has 4 rings (SSSR count). The van der Waals surface area contributed by atoms with Gasteiger partial charge in [0.15, 0.2) is 16.3 Å². The fourth-order valence-corrected chi connectivity index (χ4v) is 4.65. The molecular weight excluding hydrogens is 452 g/mol. The first kappa shape index (κ1) is 23.4. The normalized spacial score (nSPS) is 11.5. The molecule has 8 nitrogen and oxygen atoms in total. The van der Waals surface area contributed by atoms with Crippen LogP contribution in [0.25, 0.3) is 11.3 Å². The zero-order valence-corrected chi connectivity index (χ0v) is 20.5. The standard InChI is InChI=1S/C25H28N4O4S/c1-30-20-8-6-19(7-9-20)27-25-29(12-5-11-28-13-10-26-17-28)21(16-34-25)18-14-22(31-2)24(33-4)23(15-18)32-3/h6-10,13-17H,5,11-12H2,1-4H3. The van der Waals surface area contributed by atoms with Gasteiger partial charge in [0.2, 0.25) is 5.75 Å². The minimum Gasteiger partial charge on any atom is -0.497 e. The second-order valence-corrected chi connectivity index (χ2v) is 8.27. The van der Waals surface area contributed by atoms with Crippen molar-refractivity contribution in [3.63, 3.8) is 0 Å². The summed E-state index contributed by atoms with van der Waals surface area (Å²) in [6.45, 7) is 1.64. The molecule has 0 fully saturated rings. The van der Waals surface area contributed by atoms with Crippen LogP contribution in [-0.2, 0) is 13.1 Å². The number of hydrogen-bond donors (Lipinski definition) is 0. The Balaban J connectivity index is 1.76. The Morgan fingerprint density at radius 1 is 0.912 bits per heavy atom. The second kappa shape index (κ2) is 10.9. The molecule has 0 saturated heterocycles. The van der Waals surface area contributed by atoms with E-state index in [9.17, 15) is 0 Å². The van der Waals surface area contributed by atoms with Crippen molar-refractivity contribution in [1.29, 1.82) is 0 Å². The fourth-order valence-electron chi connectivity index (χ4n) is 3.69. The highest BCUT2D eigenvalue weighted by Gasteiger charge is 2.17. The largest absolute Gasteiger partial charge is 0.497 e. The van der Waals surface area contributed by atoms with Gasteiger partial charge in [-0.3, -0.25) is 0 Å². The summed E-state index contributed by atoms with van der Waals surface area (Å²) < 4.78 is 26.2. The van der Waals surface area contributed by atoms with Crippen LogP contribution in [0, 0.1) is 0 Å². The maximum absolute atomic E-state index is 5.58. The van der Waals surface area contributed by atoms with Gasteiger partial charge in [0, 0.05) is 36.4 Å². The van der Waals surface area contributed by atoms with Crippen LogP contribution in [0.4, 0.5) is 5.69 Å². The first-order valence-electron chi connectivity index (χ1n) is 10.8. The average Bonchev–Trinajstić information content (AvgIpc) is 3.54. The van der Waals surface area contributed by atoms with Crippen LogP contribution in [-0.4, -0.2) is 42.6 Å². The SMILES string of the molecule is COc1ccc(N=c2scc(-c3cc(OC)c(OC)c(OC)c3)n2CCCn2ccnc2)cc1. The predicted octanol–water partition coefficient (Wildman–Crippen LogP) is 4.77. The van der Waals surface area contributed by atoms with E-state index >= 15 is 0 Å². The number of aryl methyl sites for hydroxylation is 1. The summed E-state index contributed by atoms with van der Waals surface area (Å²) in [5, 5.41) is 2.11. The third-order valence-corrected chi connectivity index (χ3v) is 6.28. The maximum Gasteiger partial charge on any atom is 0.203 e. The molecule has 0 atom stereocenters. The molecule has 4 aromatic rings. The molecular formula is C25H28N4O4S. The molecule has 2 heterocycles. The third kappa shape index (κ3) is 5.09. The summed E-state index contributed by atoms with van der Waals surface area (Å²) in [5.41, 5.74) is 2.86. The zero-order chi connectivity index (χ0) is 23.9. The predicted molar refractivity (Wildman–Crippen MR) is 132 cm³/mol. The average molecular weight is 481 g/mol. The Bertz CT molecular complexity index is 1250. The number of hydrogen-bond acceptors (Lipinski definition) is 7. The number of rotatable bonds is 10. The van der Waals surface area contributed by atoms with Crippen molar-refractivity contribution in [2.24, 2.45) is 4.99 Å². The van der Waals surface area contributed by atoms with Gasteiger partial charge >= 0.3 is 0 Å². The highest BCUT2D eigenvalue weighted by molar-refractivity contribution is 7.07. The van der Waals surface area contributed by atoms with Crippen molar-refractivity contribution in [2.75, 3.05) is 28.4 Å². The minimum absolute atomic E-state index is 0.568. The van der Waals surface area contributed by atoms with Gasteiger partial charge < -0.3 is 28.1 Å². The van der Waals surface area contributed by atoms with E-state index < -0.39 is 0 Å². The summed E-state index contributed by atoms with van der Waals surface area (Å²) in [6, 6.07) is 11.7. The molecule has 0 saturated carbocycles. The van der Waals surface area contributed by atoms with Gasteiger partial charge in [-0.25, -0.2) is 9.98 Å². The molecule has 0 aliphatic rings. The van der Waals surface area contributed by atoms with E-state index in [0.29, 0.717) is 17.2 Å². The van der Waals surface area contributed by atoms with E-state index in [4.69, 9.17) is 23.9 Å². The topological polar surface area (TPSA) is 72.0 Å². The first-order valence-corrected chi connectivity index (χ1v) is 11.7. The number of ether oxygens (including phenoxy) is 4. The van der Waals surface area contributed by atoms with Crippen molar-refractivity contribution >= 4 is 17.0 Å². The van der Waals surface area contributed by atoms with E-state index in [2.05, 4.69) is 19.5 Å². The molecule has 2 aromatic carbocycles. The van der Waals surface area contributed by atoms with Crippen molar-refractivity contribution in [3.05, 3.63) is 65.3 Å². The quantitative estimate of drug-likeness (QED) is 0.327. The number of nitrogens with zero attached hydrogens (tertiary/aromatic N) is 4. The lowest BCUT2D eigenvalue weighted by atomic mass is 10.1. The van der Waals surface area contributed by atoms with E-state index in [-0.39, 0.29) is 0 Å². The monoisotopic (exact) mass is 480 g/mol. The van der Waals surface area contributed by atoms with Gasteiger partial charge in [-0.05, 0) is 42.8 Å². The molecule has 0 amide bonds. The highest BCUT2D eigenvalue weighted by atomic mass is 32.1. The summed E-state index contributed by atoms with van der Waals surface area (Å²) in [7, 11) is 6.51. The number of aromatic nitrogens is 3. The summed E-state index contributed by atoms with van der Waals surface area (Å²) in [6.07, 6.45) is 6.52. The number of thiazole rings is 1. The van der Waals surface area contributed by atoms with Crippen molar-refractivity contribution in [3.8, 4) is 34.3 Å². The first-order chi connectivity index (χ1) is 16.7. The number of methoxy groups -OCH3 is 4. The number of benzene rings is 2. The Morgan fingerprint density at radius 2 is 1.65 bits per heavy atom. The van der Waals surface area contributed by atoms with Crippen LogP contribution in [0.15, 0.2) is 65.5 Å². The molecule has 0 bridgehead atoms. The van der Waals surface area contributed by atoms with E-state index in [0.717, 1.165) is 47.0 Å². The van der Waals surface area contributed by atoms with Gasteiger partial charge in [0.25, 0.3) is 0 Å². The van der Waals surface area contributed by atoms with Crippen molar-refractivity contribution in [2.45, 2.75) is 19.5 Å². The van der Waals surface area contributed by atoms with E-state index in [1.165, 1.54) is 0 Å². The lowest BCUT2D eigenvalue weighted by Crippen LogP contribution is -2.17. The molecule has 0 N–H and O–H groups in total. The third-order valence-electron chi connectivity index (χ3n) is 5.41. The fraction of sp³-hybridized carbons (Fsp3) is 0.280. The van der Waals surface area contributed by atoms with Crippen LogP contribution >= 0.6 is 11.3 Å². The summed E-state index contributed by atoms with van der Waals surface area (Å²) >= 11 is 1.59. The van der Waals surface area contributed by atoms with Gasteiger partial charge in [0.05, 0.1) is 46.1 Å². The molecule has 9 heteroatoms. The molecule has 0 aliphatic carbocycles. The Kier molecular flexibility index (Phi) is 7.54. The zero-order valence-electron chi connectivity index (χ0n) is 19.7. The van der Waals surface area contributed by atoms with Crippen molar-refractivity contribution < 1.29 is 18.9 Å². The smallest absolute Gasteiger partial charge is 0.203 e. The van der Waals surface area contributed by atoms with Gasteiger partial charge in [-0.15, -0.1) is 11.3 Å². The lowest BCUT2D eigenvalue weighted by molar-refractivity contribution is 0.324. The van der Waals surface area contributed by atoms with Crippen molar-refractivity contribution in [1.82, 2.24) is 14.1 Å². The van der Waals surface area contributed by atoms with Crippen LogP contribution in [0.2, 0.25) is 0 Å². The maximum atomic E-state index is 5.58. The highest BCUT2D eigenvalue weighted by Crippen LogP contribution is 2.41. The molecule has 178 valence electrons. The van der Waals surface area contributed by atoms with Crippen LogP contribution < -0.4 is 23.7 Å². The molecule has 0 spiro atoms. The molecule has 34 heavy (non-hydrogen) atoms. The Morgan fingerprint density at radius 3 is 2.24 bits per heavy atom. The van der Waals surface area contributed by atoms with E-state index in [1.807, 2.05) is 48.9 Å².